The molecule has 1 N–H and O–H groups in total. The van der Waals surface area contributed by atoms with E-state index in [9.17, 15) is 4.79 Å². The maximum atomic E-state index is 12.9. The van der Waals surface area contributed by atoms with Gasteiger partial charge < -0.3 is 10.1 Å². The number of hydrogen-bond acceptors (Lipinski definition) is 3. The highest BCUT2D eigenvalue weighted by Gasteiger charge is 2.24. The summed E-state index contributed by atoms with van der Waals surface area (Å²) < 4.78 is 0. The van der Waals surface area contributed by atoms with Crippen molar-refractivity contribution in [2.75, 3.05) is 13.1 Å². The molecule has 0 aliphatic carbocycles. The van der Waals surface area contributed by atoms with Crippen LogP contribution in [0.1, 0.15) is 29.8 Å². The molecule has 2 aromatic rings. The van der Waals surface area contributed by atoms with Crippen molar-refractivity contribution in [3.05, 3.63) is 77.9 Å². The molecule has 4 heteroatoms. The molecule has 0 aliphatic rings. The van der Waals surface area contributed by atoms with E-state index in [2.05, 4.69) is 5.16 Å². The maximum absolute atomic E-state index is 12.9. The summed E-state index contributed by atoms with van der Waals surface area (Å²) in [6.45, 7) is 4.78. The lowest BCUT2D eigenvalue weighted by Gasteiger charge is -2.29. The summed E-state index contributed by atoms with van der Waals surface area (Å²) in [7, 11) is 0. The first-order valence-corrected chi connectivity index (χ1v) is 8.26. The van der Waals surface area contributed by atoms with Crippen molar-refractivity contribution in [2.24, 2.45) is 10.6 Å². The molecule has 0 bridgehead atoms. The Balaban J connectivity index is 2.16. The molecule has 2 rings (SSSR count). The Morgan fingerprint density at radius 2 is 1.68 bits per heavy atom. The molecule has 0 heterocycles. The highest BCUT2D eigenvalue weighted by Crippen LogP contribution is 2.17. The summed E-state index contributed by atoms with van der Waals surface area (Å²) in [5, 5.41) is 12.0. The second-order valence-electron chi connectivity index (χ2n) is 6.60. The Labute approximate surface area is 149 Å². The van der Waals surface area contributed by atoms with Crippen LogP contribution in [0.3, 0.4) is 0 Å². The van der Waals surface area contributed by atoms with Gasteiger partial charge in [0.05, 0.1) is 6.21 Å². The summed E-state index contributed by atoms with van der Waals surface area (Å²) >= 11 is 0. The van der Waals surface area contributed by atoms with Crippen LogP contribution in [0.2, 0.25) is 0 Å². The molecule has 0 atom stereocenters. The molecule has 0 saturated heterocycles. The van der Waals surface area contributed by atoms with Crippen LogP contribution >= 0.6 is 0 Å². The van der Waals surface area contributed by atoms with Crippen molar-refractivity contribution in [3.8, 4) is 0 Å². The Kier molecular flexibility index (Phi) is 6.52. The van der Waals surface area contributed by atoms with E-state index < -0.39 is 5.41 Å². The number of hydrogen-bond donors (Lipinski definition) is 1. The summed E-state index contributed by atoms with van der Waals surface area (Å²) in [4.78, 5) is 14.6. The minimum atomic E-state index is -0.431. The number of benzene rings is 2. The minimum absolute atomic E-state index is 0.0438. The lowest BCUT2D eigenvalue weighted by atomic mass is 9.94. The zero-order chi connectivity index (χ0) is 18.1. The van der Waals surface area contributed by atoms with Gasteiger partial charge in [0, 0.05) is 24.1 Å². The largest absolute Gasteiger partial charge is 0.411 e. The molecule has 0 spiro atoms. The van der Waals surface area contributed by atoms with Gasteiger partial charge in [0.25, 0.3) is 5.91 Å². The average Bonchev–Trinajstić information content (AvgIpc) is 2.62. The van der Waals surface area contributed by atoms with Crippen LogP contribution in [0.15, 0.2) is 71.9 Å². The van der Waals surface area contributed by atoms with E-state index in [4.69, 9.17) is 5.21 Å². The molecule has 130 valence electrons. The van der Waals surface area contributed by atoms with Gasteiger partial charge in [0.15, 0.2) is 0 Å². The van der Waals surface area contributed by atoms with Gasteiger partial charge in [-0.1, -0.05) is 74.5 Å². The number of carbonyl (C=O) groups is 1. The molecule has 0 radical (unpaired) electrons. The number of amides is 1. The van der Waals surface area contributed by atoms with Gasteiger partial charge in [-0.15, -0.1) is 5.16 Å². The van der Waals surface area contributed by atoms with Crippen molar-refractivity contribution < 1.29 is 10.0 Å². The van der Waals surface area contributed by atoms with Crippen molar-refractivity contribution in [1.29, 1.82) is 0 Å². The lowest BCUT2D eigenvalue weighted by Crippen LogP contribution is -2.39. The van der Waals surface area contributed by atoms with Crippen LogP contribution in [0.25, 0.3) is 6.08 Å². The molecule has 1 amide bonds. The molecule has 25 heavy (non-hydrogen) atoms. The first-order valence-electron chi connectivity index (χ1n) is 8.26. The van der Waals surface area contributed by atoms with E-state index in [1.807, 2.05) is 86.7 Å². The molecule has 0 aromatic heterocycles. The Hall–Kier alpha value is -2.88. The normalized spacial score (nSPS) is 11.9. The van der Waals surface area contributed by atoms with E-state index in [0.29, 0.717) is 18.7 Å². The van der Waals surface area contributed by atoms with Crippen molar-refractivity contribution in [3.63, 3.8) is 0 Å². The highest BCUT2D eigenvalue weighted by molar-refractivity contribution is 5.94. The van der Waals surface area contributed by atoms with Gasteiger partial charge in [0.1, 0.15) is 0 Å². The number of oxime groups is 1. The molecular formula is C21H24N2O2. The number of rotatable bonds is 7. The molecule has 0 saturated carbocycles. The predicted molar refractivity (Wildman–Crippen MR) is 102 cm³/mol. The average molecular weight is 336 g/mol. The number of carbonyl (C=O) groups excluding carboxylic acids is 1. The van der Waals surface area contributed by atoms with Gasteiger partial charge in [-0.25, -0.2) is 0 Å². The zero-order valence-corrected chi connectivity index (χ0v) is 14.7. The smallest absolute Gasteiger partial charge is 0.254 e. The van der Waals surface area contributed by atoms with Gasteiger partial charge in [-0.3, -0.25) is 4.79 Å². The van der Waals surface area contributed by atoms with Gasteiger partial charge >= 0.3 is 0 Å². The van der Waals surface area contributed by atoms with E-state index >= 15 is 0 Å². The quantitative estimate of drug-likeness (QED) is 0.465. The summed E-state index contributed by atoms with van der Waals surface area (Å²) in [5.74, 6) is -0.0438. The summed E-state index contributed by atoms with van der Waals surface area (Å²) in [6.07, 6.45) is 5.43. The first kappa shape index (κ1) is 18.5. The molecule has 2 aromatic carbocycles. The van der Waals surface area contributed by atoms with Gasteiger partial charge in [0.2, 0.25) is 0 Å². The van der Waals surface area contributed by atoms with E-state index in [1.54, 1.807) is 4.90 Å². The fraction of sp³-hybridized carbons (Fsp3) is 0.238. The highest BCUT2D eigenvalue weighted by atomic mass is 16.4. The third-order valence-electron chi connectivity index (χ3n) is 3.75. The number of nitrogens with zero attached hydrogens (tertiary/aromatic N) is 2. The van der Waals surface area contributed by atoms with Crippen molar-refractivity contribution >= 4 is 18.2 Å². The molecule has 0 fully saturated rings. The molecule has 0 aliphatic heterocycles. The van der Waals surface area contributed by atoms with Crippen LogP contribution in [0.5, 0.6) is 0 Å². The second-order valence-corrected chi connectivity index (χ2v) is 6.60. The fourth-order valence-electron chi connectivity index (χ4n) is 2.55. The summed E-state index contributed by atoms with van der Waals surface area (Å²) in [6, 6.07) is 19.2. The first-order chi connectivity index (χ1) is 12.0. The maximum Gasteiger partial charge on any atom is 0.254 e. The Bertz CT molecular complexity index is 722. The lowest BCUT2D eigenvalue weighted by molar-refractivity contribution is 0.0740. The van der Waals surface area contributed by atoms with E-state index in [0.717, 1.165) is 5.56 Å². The zero-order valence-electron chi connectivity index (χ0n) is 14.7. The molecule has 0 unspecified atom stereocenters. The Morgan fingerprint density at radius 3 is 2.28 bits per heavy atom. The van der Waals surface area contributed by atoms with E-state index in [1.165, 1.54) is 6.21 Å². The third-order valence-corrected chi connectivity index (χ3v) is 3.75. The third kappa shape index (κ3) is 5.92. The van der Waals surface area contributed by atoms with Crippen LogP contribution in [0, 0.1) is 5.41 Å². The summed E-state index contributed by atoms with van der Waals surface area (Å²) in [5.41, 5.74) is 1.30. The van der Waals surface area contributed by atoms with Crippen LogP contribution in [0.4, 0.5) is 0 Å². The second kappa shape index (κ2) is 8.83. The van der Waals surface area contributed by atoms with Crippen molar-refractivity contribution in [1.82, 2.24) is 4.90 Å². The molecule has 4 nitrogen and oxygen atoms in total. The van der Waals surface area contributed by atoms with Gasteiger partial charge in [-0.05, 0) is 17.7 Å². The predicted octanol–water partition coefficient (Wildman–Crippen LogP) is 4.33. The Morgan fingerprint density at radius 1 is 1.08 bits per heavy atom. The topological polar surface area (TPSA) is 52.9 Å². The minimum Gasteiger partial charge on any atom is -0.411 e. The van der Waals surface area contributed by atoms with Crippen LogP contribution < -0.4 is 0 Å². The monoisotopic (exact) mass is 336 g/mol. The standard InChI is InChI=1S/C21H24N2O2/c1-21(2,16-22-25)17-23(20(24)19-13-7-4-8-14-19)15-9-12-18-10-5-3-6-11-18/h3-14,16,25H,15,17H2,1-2H3/b12-9+,22-16?. The SMILES string of the molecule is CC(C)(C=NO)CN(C/C=C/c1ccccc1)C(=O)c1ccccc1. The van der Waals surface area contributed by atoms with E-state index in [-0.39, 0.29) is 5.91 Å². The fourth-order valence-corrected chi connectivity index (χ4v) is 2.55. The van der Waals surface area contributed by atoms with Crippen LogP contribution in [-0.4, -0.2) is 35.3 Å². The van der Waals surface area contributed by atoms with Crippen LogP contribution in [-0.2, 0) is 0 Å². The van der Waals surface area contributed by atoms with Crippen molar-refractivity contribution in [2.45, 2.75) is 13.8 Å². The van der Waals surface area contributed by atoms with Gasteiger partial charge in [-0.2, -0.15) is 0 Å². The molecular weight excluding hydrogens is 312 g/mol.